The summed E-state index contributed by atoms with van der Waals surface area (Å²) >= 11 is 0. The Morgan fingerprint density at radius 3 is 2.23 bits per heavy atom. The molecule has 1 unspecified atom stereocenters. The molecule has 2 N–H and O–H groups in total. The van der Waals surface area contributed by atoms with Crippen molar-refractivity contribution in [3.05, 3.63) is 0 Å². The van der Waals surface area contributed by atoms with Gasteiger partial charge in [-0.25, -0.2) is 0 Å². The Bertz CT molecular complexity index is 234. The summed E-state index contributed by atoms with van der Waals surface area (Å²) in [6.07, 6.45) is 0. The number of nitrogens with two attached hydrogens (primary N) is 1. The Hall–Kier alpha value is -1.59. The zero-order valence-electron chi connectivity index (χ0n) is 7.53. The Morgan fingerprint density at radius 2 is 1.92 bits per heavy atom. The summed E-state index contributed by atoms with van der Waals surface area (Å²) in [6, 6.07) is 3.65. The molecule has 0 spiro atoms. The highest BCUT2D eigenvalue weighted by Gasteiger charge is 2.18. The Labute approximate surface area is 77.3 Å². The van der Waals surface area contributed by atoms with Gasteiger partial charge in [0.05, 0.1) is 12.1 Å². The smallest absolute Gasteiger partial charge is 0.228 e. The lowest BCUT2D eigenvalue weighted by molar-refractivity contribution is -0.133. The Balaban J connectivity index is 4.30. The van der Waals surface area contributed by atoms with Crippen LogP contribution in [0.15, 0.2) is 0 Å². The van der Waals surface area contributed by atoms with Crippen LogP contribution < -0.4 is 5.73 Å². The van der Waals surface area contributed by atoms with Gasteiger partial charge in [-0.1, -0.05) is 6.92 Å². The molecule has 0 fully saturated rings. The standard InChI is InChI=1S/C8H12N4O/c1-7(6-11)8(13)12(4-2-9)5-3-10/h7H,4-6,11H2,1H3. The largest absolute Gasteiger partial charge is 0.330 e. The second-order valence-corrected chi connectivity index (χ2v) is 2.65. The molecule has 0 aromatic carbocycles. The van der Waals surface area contributed by atoms with Crippen molar-refractivity contribution in [3.63, 3.8) is 0 Å². The minimum Gasteiger partial charge on any atom is -0.330 e. The monoisotopic (exact) mass is 180 g/mol. The number of rotatable bonds is 4. The topological polar surface area (TPSA) is 93.9 Å². The first-order valence-electron chi connectivity index (χ1n) is 3.90. The van der Waals surface area contributed by atoms with E-state index in [9.17, 15) is 4.79 Å². The molecule has 0 aliphatic heterocycles. The number of nitriles is 2. The summed E-state index contributed by atoms with van der Waals surface area (Å²) in [7, 11) is 0. The molecule has 1 atom stereocenters. The van der Waals surface area contributed by atoms with Gasteiger partial charge in [0.1, 0.15) is 13.1 Å². The van der Waals surface area contributed by atoms with Crippen LogP contribution in [0.5, 0.6) is 0 Å². The number of hydrogen-bond donors (Lipinski definition) is 1. The van der Waals surface area contributed by atoms with E-state index in [4.69, 9.17) is 16.3 Å². The van der Waals surface area contributed by atoms with Crippen LogP contribution in [0.3, 0.4) is 0 Å². The van der Waals surface area contributed by atoms with Gasteiger partial charge in [0.25, 0.3) is 0 Å². The summed E-state index contributed by atoms with van der Waals surface area (Å²) in [4.78, 5) is 12.6. The van der Waals surface area contributed by atoms with Crippen LogP contribution in [0.2, 0.25) is 0 Å². The number of hydrogen-bond acceptors (Lipinski definition) is 4. The van der Waals surface area contributed by atoms with Gasteiger partial charge in [-0.15, -0.1) is 0 Å². The lowest BCUT2D eigenvalue weighted by Crippen LogP contribution is -2.38. The van der Waals surface area contributed by atoms with E-state index in [2.05, 4.69) is 0 Å². The molecule has 0 heterocycles. The maximum atomic E-state index is 11.4. The zero-order valence-corrected chi connectivity index (χ0v) is 7.53. The first kappa shape index (κ1) is 11.4. The molecule has 0 aliphatic carbocycles. The number of carbonyl (C=O) groups is 1. The van der Waals surface area contributed by atoms with Gasteiger partial charge >= 0.3 is 0 Å². The summed E-state index contributed by atoms with van der Waals surface area (Å²) in [5, 5.41) is 16.8. The van der Waals surface area contributed by atoms with E-state index in [1.165, 1.54) is 4.90 Å². The zero-order chi connectivity index (χ0) is 10.3. The third kappa shape index (κ3) is 3.55. The average Bonchev–Trinajstić information content (AvgIpc) is 2.15. The summed E-state index contributed by atoms with van der Waals surface area (Å²) in [6.45, 7) is 1.78. The molecule has 0 aromatic rings. The molecule has 0 rings (SSSR count). The Kier molecular flexibility index (Phi) is 5.25. The molecule has 0 saturated carbocycles. The summed E-state index contributed by atoms with van der Waals surface area (Å²) in [5.41, 5.74) is 5.29. The van der Waals surface area contributed by atoms with E-state index in [1.807, 2.05) is 12.1 Å². The van der Waals surface area contributed by atoms with Crippen molar-refractivity contribution in [1.82, 2.24) is 4.90 Å². The SMILES string of the molecule is CC(CN)C(=O)N(CC#N)CC#N. The molecule has 5 nitrogen and oxygen atoms in total. The molecule has 13 heavy (non-hydrogen) atoms. The fourth-order valence-corrected chi connectivity index (χ4v) is 0.795. The average molecular weight is 180 g/mol. The number of nitrogens with zero attached hydrogens (tertiary/aromatic N) is 3. The minimum absolute atomic E-state index is 0.0588. The van der Waals surface area contributed by atoms with Gasteiger partial charge < -0.3 is 10.6 Å². The minimum atomic E-state index is -0.332. The van der Waals surface area contributed by atoms with E-state index in [0.717, 1.165) is 0 Å². The fraction of sp³-hybridized carbons (Fsp3) is 0.625. The van der Waals surface area contributed by atoms with Gasteiger partial charge in [0.15, 0.2) is 0 Å². The fourth-order valence-electron chi connectivity index (χ4n) is 0.795. The first-order valence-corrected chi connectivity index (χ1v) is 3.90. The van der Waals surface area contributed by atoms with Gasteiger partial charge in [0.2, 0.25) is 5.91 Å². The lowest BCUT2D eigenvalue weighted by Gasteiger charge is -2.19. The second kappa shape index (κ2) is 5.99. The molecule has 70 valence electrons. The summed E-state index contributed by atoms with van der Waals surface area (Å²) < 4.78 is 0. The van der Waals surface area contributed by atoms with Crippen LogP contribution in [0.1, 0.15) is 6.92 Å². The van der Waals surface area contributed by atoms with Gasteiger partial charge in [-0.05, 0) is 0 Å². The highest BCUT2D eigenvalue weighted by Crippen LogP contribution is 1.99. The van der Waals surface area contributed by atoms with Crippen molar-refractivity contribution in [2.45, 2.75) is 6.92 Å². The maximum absolute atomic E-state index is 11.4. The maximum Gasteiger partial charge on any atom is 0.228 e. The molecule has 0 saturated heterocycles. The highest BCUT2D eigenvalue weighted by molar-refractivity contribution is 5.79. The number of carbonyl (C=O) groups excluding carboxylic acids is 1. The van der Waals surface area contributed by atoms with Crippen molar-refractivity contribution in [1.29, 1.82) is 10.5 Å². The van der Waals surface area contributed by atoms with Gasteiger partial charge in [0, 0.05) is 12.5 Å². The van der Waals surface area contributed by atoms with Crippen molar-refractivity contribution in [2.75, 3.05) is 19.6 Å². The van der Waals surface area contributed by atoms with E-state index >= 15 is 0 Å². The second-order valence-electron chi connectivity index (χ2n) is 2.65. The van der Waals surface area contributed by atoms with Crippen LogP contribution in [0.4, 0.5) is 0 Å². The van der Waals surface area contributed by atoms with Crippen molar-refractivity contribution >= 4 is 5.91 Å². The quantitative estimate of drug-likeness (QED) is 0.588. The van der Waals surface area contributed by atoms with Gasteiger partial charge in [-0.2, -0.15) is 10.5 Å². The molecular formula is C8H12N4O. The molecule has 5 heteroatoms. The van der Waals surface area contributed by atoms with Gasteiger partial charge in [-0.3, -0.25) is 4.79 Å². The predicted octanol–water partition coefficient (Wildman–Crippen LogP) is -0.543. The van der Waals surface area contributed by atoms with E-state index < -0.39 is 0 Å². The van der Waals surface area contributed by atoms with Crippen LogP contribution in [-0.2, 0) is 4.79 Å². The van der Waals surface area contributed by atoms with E-state index in [0.29, 0.717) is 0 Å². The molecule has 0 aromatic heterocycles. The highest BCUT2D eigenvalue weighted by atomic mass is 16.2. The molecule has 0 aliphatic rings. The Morgan fingerprint density at radius 1 is 1.46 bits per heavy atom. The molecule has 0 bridgehead atoms. The van der Waals surface area contributed by atoms with Crippen molar-refractivity contribution < 1.29 is 4.79 Å². The van der Waals surface area contributed by atoms with Crippen molar-refractivity contribution in [3.8, 4) is 12.1 Å². The van der Waals surface area contributed by atoms with E-state index in [-0.39, 0.29) is 31.5 Å². The van der Waals surface area contributed by atoms with Crippen LogP contribution in [0, 0.1) is 28.6 Å². The normalized spacial score (nSPS) is 11.1. The summed E-state index contributed by atoms with van der Waals surface area (Å²) in [5.74, 6) is -0.577. The number of amides is 1. The first-order chi connectivity index (χ1) is 6.17. The third-order valence-electron chi connectivity index (χ3n) is 1.61. The molecule has 1 amide bonds. The molecular weight excluding hydrogens is 168 g/mol. The van der Waals surface area contributed by atoms with Crippen LogP contribution in [0.25, 0.3) is 0 Å². The molecule has 0 radical (unpaired) electrons. The van der Waals surface area contributed by atoms with Crippen LogP contribution >= 0.6 is 0 Å². The predicted molar refractivity (Wildman–Crippen MR) is 46.0 cm³/mol. The van der Waals surface area contributed by atoms with Crippen LogP contribution in [-0.4, -0.2) is 30.4 Å². The van der Waals surface area contributed by atoms with Crippen molar-refractivity contribution in [2.24, 2.45) is 11.7 Å². The third-order valence-corrected chi connectivity index (χ3v) is 1.61. The lowest BCUT2D eigenvalue weighted by atomic mass is 10.1. The van der Waals surface area contributed by atoms with E-state index in [1.54, 1.807) is 6.92 Å².